The van der Waals surface area contributed by atoms with Gasteiger partial charge in [-0.2, -0.15) is 0 Å². The van der Waals surface area contributed by atoms with E-state index < -0.39 is 17.5 Å². The molecule has 122 valence electrons. The van der Waals surface area contributed by atoms with Crippen LogP contribution >= 0.6 is 0 Å². The highest BCUT2D eigenvalue weighted by molar-refractivity contribution is 5.53. The van der Waals surface area contributed by atoms with E-state index in [1.54, 1.807) is 0 Å². The monoisotopic (exact) mass is 325 g/mol. The van der Waals surface area contributed by atoms with Crippen LogP contribution in [0.25, 0.3) is 0 Å². The van der Waals surface area contributed by atoms with Crippen LogP contribution < -0.4 is 19.9 Å². The van der Waals surface area contributed by atoms with Gasteiger partial charge in [0.2, 0.25) is 0 Å². The minimum absolute atomic E-state index is 0.0549. The molecular formula is C16H14F3NO3. The number of fused-ring (bicyclic) bond motifs is 2. The second-order valence-electron chi connectivity index (χ2n) is 5.00. The highest BCUT2D eigenvalue weighted by Gasteiger charge is 2.18. The Morgan fingerprint density at radius 3 is 2.30 bits per heavy atom. The topological polar surface area (TPSA) is 53.7 Å². The average molecular weight is 325 g/mol. The highest BCUT2D eigenvalue weighted by atomic mass is 19.2. The third kappa shape index (κ3) is 3.13. The molecule has 23 heavy (non-hydrogen) atoms. The van der Waals surface area contributed by atoms with Crippen LogP contribution in [-0.4, -0.2) is 13.2 Å². The number of rotatable bonds is 0. The lowest BCUT2D eigenvalue weighted by molar-refractivity contribution is 0.242. The first kappa shape index (κ1) is 15.3. The van der Waals surface area contributed by atoms with E-state index in [1.165, 1.54) is 12.1 Å². The summed E-state index contributed by atoms with van der Waals surface area (Å²) in [6.07, 6.45) is 0.476. The van der Waals surface area contributed by atoms with Gasteiger partial charge in [0.1, 0.15) is 18.2 Å². The molecule has 2 aromatic carbocycles. The normalized spacial score (nSPS) is 14.4. The number of nitrogen functional groups attached to an aromatic ring is 1. The fourth-order valence-electron chi connectivity index (χ4n) is 2.19. The van der Waals surface area contributed by atoms with Crippen molar-refractivity contribution in [3.63, 3.8) is 0 Å². The maximum absolute atomic E-state index is 14.0. The largest absolute Gasteiger partial charge is 0.493 e. The van der Waals surface area contributed by atoms with E-state index in [2.05, 4.69) is 0 Å². The van der Waals surface area contributed by atoms with Crippen LogP contribution in [0.5, 0.6) is 17.2 Å². The van der Waals surface area contributed by atoms with Gasteiger partial charge < -0.3 is 19.9 Å². The SMILES string of the molecule is Nc1cc2c(cc1F)OCCCOc1ccc(F)c(F)c1CO2. The first-order chi connectivity index (χ1) is 11.1. The summed E-state index contributed by atoms with van der Waals surface area (Å²) in [5.41, 5.74) is 5.33. The highest BCUT2D eigenvalue weighted by Crippen LogP contribution is 2.34. The predicted octanol–water partition coefficient (Wildman–Crippen LogP) is 3.43. The number of hydrogen-bond donors (Lipinski definition) is 1. The lowest BCUT2D eigenvalue weighted by Gasteiger charge is -2.14. The number of halogens is 3. The Morgan fingerprint density at radius 2 is 1.52 bits per heavy atom. The van der Waals surface area contributed by atoms with Crippen LogP contribution in [0, 0.1) is 17.5 Å². The molecule has 1 aliphatic heterocycles. The fraction of sp³-hybridized carbons (Fsp3) is 0.250. The standard InChI is InChI=1S/C16H14F3NO3/c17-10-2-3-13-9(16(10)19)8-23-15-7-12(20)11(18)6-14(15)22-5-1-4-21-13/h2-3,6-7H,1,4-5,8,20H2. The molecule has 0 amide bonds. The zero-order chi connectivity index (χ0) is 16.4. The number of benzene rings is 2. The summed E-state index contributed by atoms with van der Waals surface area (Å²) >= 11 is 0. The van der Waals surface area contributed by atoms with Gasteiger partial charge in [-0.1, -0.05) is 0 Å². The molecule has 0 fully saturated rings. The maximum Gasteiger partial charge on any atom is 0.169 e. The molecule has 0 radical (unpaired) electrons. The van der Waals surface area contributed by atoms with Crippen molar-refractivity contribution in [1.29, 1.82) is 0 Å². The second kappa shape index (κ2) is 6.28. The van der Waals surface area contributed by atoms with E-state index in [9.17, 15) is 13.2 Å². The number of ether oxygens (including phenoxy) is 3. The summed E-state index contributed by atoms with van der Waals surface area (Å²) < 4.78 is 57.3. The Morgan fingerprint density at radius 1 is 0.826 bits per heavy atom. The van der Waals surface area contributed by atoms with Crippen molar-refractivity contribution < 1.29 is 27.4 Å². The zero-order valence-electron chi connectivity index (χ0n) is 12.1. The van der Waals surface area contributed by atoms with E-state index in [4.69, 9.17) is 19.9 Å². The predicted molar refractivity (Wildman–Crippen MR) is 77.1 cm³/mol. The van der Waals surface area contributed by atoms with Crippen molar-refractivity contribution in [2.24, 2.45) is 0 Å². The van der Waals surface area contributed by atoms with E-state index in [1.807, 2.05) is 0 Å². The molecule has 0 aliphatic carbocycles. The van der Waals surface area contributed by atoms with E-state index >= 15 is 0 Å². The lowest BCUT2D eigenvalue weighted by Crippen LogP contribution is -2.07. The van der Waals surface area contributed by atoms with Gasteiger partial charge in [0.25, 0.3) is 0 Å². The van der Waals surface area contributed by atoms with Crippen LogP contribution in [0.2, 0.25) is 0 Å². The molecule has 7 heteroatoms. The first-order valence-electron chi connectivity index (χ1n) is 7.00. The molecule has 3 rings (SSSR count). The molecule has 0 aromatic heterocycles. The Labute approximate surface area is 130 Å². The molecule has 0 unspecified atom stereocenters. The fourth-order valence-corrected chi connectivity index (χ4v) is 2.19. The summed E-state index contributed by atoms with van der Waals surface area (Å²) in [5, 5.41) is 0. The van der Waals surface area contributed by atoms with Crippen LogP contribution in [0.3, 0.4) is 0 Å². The van der Waals surface area contributed by atoms with Crippen LogP contribution in [0.1, 0.15) is 12.0 Å². The Balaban J connectivity index is 2.00. The molecule has 0 saturated heterocycles. The van der Waals surface area contributed by atoms with E-state index in [-0.39, 0.29) is 48.3 Å². The Kier molecular flexibility index (Phi) is 4.18. The Hall–Kier alpha value is -2.57. The molecule has 0 bridgehead atoms. The van der Waals surface area contributed by atoms with Crippen molar-refractivity contribution in [3.8, 4) is 17.2 Å². The minimum atomic E-state index is -1.04. The molecule has 2 aromatic rings. The molecule has 1 aliphatic rings. The van der Waals surface area contributed by atoms with Gasteiger partial charge in [0.05, 0.1) is 24.5 Å². The van der Waals surface area contributed by atoms with Crippen molar-refractivity contribution in [2.45, 2.75) is 13.0 Å². The summed E-state index contributed by atoms with van der Waals surface area (Å²) in [4.78, 5) is 0. The van der Waals surface area contributed by atoms with Crippen molar-refractivity contribution in [1.82, 2.24) is 0 Å². The van der Waals surface area contributed by atoms with Gasteiger partial charge in [-0.15, -0.1) is 0 Å². The van der Waals surface area contributed by atoms with Crippen molar-refractivity contribution in [2.75, 3.05) is 18.9 Å². The molecule has 1 heterocycles. The molecule has 0 atom stereocenters. The van der Waals surface area contributed by atoms with Crippen molar-refractivity contribution >= 4 is 5.69 Å². The second-order valence-corrected chi connectivity index (χ2v) is 5.00. The van der Waals surface area contributed by atoms with Gasteiger partial charge in [-0.25, -0.2) is 13.2 Å². The molecular weight excluding hydrogens is 311 g/mol. The molecule has 0 spiro atoms. The summed E-state index contributed by atoms with van der Waals surface area (Å²) in [6.45, 7) is 0.184. The number of hydrogen-bond acceptors (Lipinski definition) is 4. The number of anilines is 1. The molecule has 2 N–H and O–H groups in total. The van der Waals surface area contributed by atoms with E-state index in [0.29, 0.717) is 6.42 Å². The van der Waals surface area contributed by atoms with Crippen LogP contribution in [0.15, 0.2) is 24.3 Å². The van der Waals surface area contributed by atoms with Gasteiger partial charge in [-0.05, 0) is 12.1 Å². The van der Waals surface area contributed by atoms with Crippen LogP contribution in [-0.2, 0) is 6.61 Å². The Bertz CT molecular complexity index is 737. The van der Waals surface area contributed by atoms with Crippen LogP contribution in [0.4, 0.5) is 18.9 Å². The quantitative estimate of drug-likeness (QED) is 0.754. The summed E-state index contributed by atoms with van der Waals surface area (Å²) in [5.74, 6) is -2.18. The van der Waals surface area contributed by atoms with E-state index in [0.717, 1.165) is 12.1 Å². The van der Waals surface area contributed by atoms with Gasteiger partial charge in [0, 0.05) is 18.6 Å². The lowest BCUT2D eigenvalue weighted by atomic mass is 10.2. The smallest absolute Gasteiger partial charge is 0.169 e. The summed E-state index contributed by atoms with van der Waals surface area (Å²) in [6, 6.07) is 4.69. The maximum atomic E-state index is 14.0. The van der Waals surface area contributed by atoms with Gasteiger partial charge in [0.15, 0.2) is 23.1 Å². The summed E-state index contributed by atoms with van der Waals surface area (Å²) in [7, 11) is 0. The van der Waals surface area contributed by atoms with Gasteiger partial charge in [-0.3, -0.25) is 0 Å². The third-order valence-electron chi connectivity index (χ3n) is 3.39. The first-order valence-corrected chi connectivity index (χ1v) is 7.00. The average Bonchev–Trinajstić information content (AvgIpc) is 2.56. The van der Waals surface area contributed by atoms with Crippen molar-refractivity contribution in [3.05, 3.63) is 47.3 Å². The minimum Gasteiger partial charge on any atom is -0.493 e. The molecule has 4 nitrogen and oxygen atoms in total. The third-order valence-corrected chi connectivity index (χ3v) is 3.39. The zero-order valence-corrected chi connectivity index (χ0v) is 12.1. The van der Waals surface area contributed by atoms with Gasteiger partial charge >= 0.3 is 0 Å². The number of nitrogens with two attached hydrogens (primary N) is 1. The molecule has 0 saturated carbocycles.